The van der Waals surface area contributed by atoms with Gasteiger partial charge < -0.3 is 9.47 Å². The van der Waals surface area contributed by atoms with Gasteiger partial charge in [0.15, 0.2) is 5.82 Å². The van der Waals surface area contributed by atoms with Crippen LogP contribution in [0.1, 0.15) is 28.4 Å². The highest BCUT2D eigenvalue weighted by atomic mass is 79.9. The molecule has 1 aromatic heterocycles. The third kappa shape index (κ3) is 2.57. The summed E-state index contributed by atoms with van der Waals surface area (Å²) in [4.78, 5) is 13.8. The average Bonchev–Trinajstić information content (AvgIpc) is 3.06. The van der Waals surface area contributed by atoms with Crippen LogP contribution in [0.15, 0.2) is 22.7 Å². The van der Waals surface area contributed by atoms with Crippen LogP contribution < -0.4 is 0 Å². The van der Waals surface area contributed by atoms with E-state index in [9.17, 15) is 9.18 Å². The molecule has 0 atom stereocenters. The summed E-state index contributed by atoms with van der Waals surface area (Å²) in [5, 5.41) is 8.22. The molecule has 0 spiro atoms. The van der Waals surface area contributed by atoms with Crippen molar-refractivity contribution >= 4 is 21.8 Å². The zero-order valence-electron chi connectivity index (χ0n) is 11.5. The van der Waals surface area contributed by atoms with E-state index in [4.69, 9.17) is 0 Å². The average molecular weight is 353 g/mol. The van der Waals surface area contributed by atoms with E-state index in [1.165, 1.54) is 11.0 Å². The van der Waals surface area contributed by atoms with Gasteiger partial charge in [-0.15, -0.1) is 10.2 Å². The molecule has 0 radical (unpaired) electrons. The van der Waals surface area contributed by atoms with Crippen molar-refractivity contribution in [2.75, 3.05) is 7.05 Å². The lowest BCUT2D eigenvalue weighted by molar-refractivity contribution is 0.0775. The molecule has 1 aromatic carbocycles. The molecule has 7 heteroatoms. The minimum absolute atomic E-state index is 0.0491. The van der Waals surface area contributed by atoms with E-state index in [1.54, 1.807) is 19.2 Å². The summed E-state index contributed by atoms with van der Waals surface area (Å²) in [6.07, 6.45) is 1.97. The minimum atomic E-state index is -0.541. The Labute approximate surface area is 129 Å². The molecule has 0 bridgehead atoms. The molecule has 2 heterocycles. The summed E-state index contributed by atoms with van der Waals surface area (Å²) in [6.45, 7) is 1.20. The maximum Gasteiger partial charge on any atom is 0.257 e. The fraction of sp³-hybridized carbons (Fsp3) is 0.357. The molecule has 1 amide bonds. The van der Waals surface area contributed by atoms with Crippen molar-refractivity contribution < 1.29 is 9.18 Å². The van der Waals surface area contributed by atoms with Crippen molar-refractivity contribution in [3.63, 3.8) is 0 Å². The second-order valence-electron chi connectivity index (χ2n) is 5.05. The quantitative estimate of drug-likeness (QED) is 0.852. The summed E-state index contributed by atoms with van der Waals surface area (Å²) in [5.41, 5.74) is 0.0491. The molecule has 1 aliphatic heterocycles. The Balaban J connectivity index is 1.80. The van der Waals surface area contributed by atoms with Gasteiger partial charge in [0.25, 0.3) is 5.91 Å². The van der Waals surface area contributed by atoms with Gasteiger partial charge in [0.1, 0.15) is 11.6 Å². The van der Waals surface area contributed by atoms with Gasteiger partial charge in [-0.3, -0.25) is 4.79 Å². The zero-order valence-corrected chi connectivity index (χ0v) is 13.1. The highest BCUT2D eigenvalue weighted by molar-refractivity contribution is 9.10. The number of hydrogen-bond acceptors (Lipinski definition) is 3. The number of aromatic nitrogens is 3. The van der Waals surface area contributed by atoms with E-state index in [1.807, 2.05) is 4.57 Å². The summed E-state index contributed by atoms with van der Waals surface area (Å²) in [5.74, 6) is 0.790. The Bertz CT molecular complexity index is 700. The van der Waals surface area contributed by atoms with Gasteiger partial charge >= 0.3 is 0 Å². The molecular weight excluding hydrogens is 339 g/mol. The maximum absolute atomic E-state index is 14.0. The molecule has 21 heavy (non-hydrogen) atoms. The van der Waals surface area contributed by atoms with Crippen molar-refractivity contribution in [2.24, 2.45) is 0 Å². The fourth-order valence-electron chi connectivity index (χ4n) is 2.49. The molecule has 5 nitrogen and oxygen atoms in total. The normalized spacial score (nSPS) is 13.3. The van der Waals surface area contributed by atoms with Crippen LogP contribution >= 0.6 is 15.9 Å². The van der Waals surface area contributed by atoms with E-state index in [0.29, 0.717) is 6.54 Å². The monoisotopic (exact) mass is 352 g/mol. The number of nitrogens with zero attached hydrogens (tertiary/aromatic N) is 4. The van der Waals surface area contributed by atoms with Crippen LogP contribution in [0.25, 0.3) is 0 Å². The molecule has 0 unspecified atom stereocenters. The topological polar surface area (TPSA) is 51.0 Å². The Hall–Kier alpha value is -1.76. The fourth-order valence-corrected chi connectivity index (χ4v) is 2.85. The molecule has 0 fully saturated rings. The highest BCUT2D eigenvalue weighted by Crippen LogP contribution is 2.21. The molecule has 3 rings (SSSR count). The number of benzene rings is 1. The van der Waals surface area contributed by atoms with Crippen LogP contribution in [0.3, 0.4) is 0 Å². The van der Waals surface area contributed by atoms with Crippen LogP contribution in [0.5, 0.6) is 0 Å². The van der Waals surface area contributed by atoms with Crippen LogP contribution in [0.2, 0.25) is 0 Å². The molecule has 0 saturated heterocycles. The number of fused-ring (bicyclic) bond motifs is 1. The van der Waals surface area contributed by atoms with Gasteiger partial charge in [-0.2, -0.15) is 0 Å². The second-order valence-corrected chi connectivity index (χ2v) is 5.90. The lowest BCUT2D eigenvalue weighted by Gasteiger charge is -2.17. The zero-order chi connectivity index (χ0) is 15.0. The summed E-state index contributed by atoms with van der Waals surface area (Å²) >= 11 is 3.09. The van der Waals surface area contributed by atoms with Crippen molar-refractivity contribution in [3.05, 3.63) is 45.7 Å². The first-order valence-electron chi connectivity index (χ1n) is 6.68. The maximum atomic E-state index is 14.0. The third-order valence-electron chi connectivity index (χ3n) is 3.59. The van der Waals surface area contributed by atoms with Gasteiger partial charge in [-0.05, 0) is 34.5 Å². The van der Waals surface area contributed by atoms with Crippen LogP contribution in [-0.2, 0) is 19.5 Å². The summed E-state index contributed by atoms with van der Waals surface area (Å²) in [6, 6.07) is 4.69. The van der Waals surface area contributed by atoms with Crippen molar-refractivity contribution in [2.45, 2.75) is 25.9 Å². The largest absolute Gasteiger partial charge is 0.334 e. The van der Waals surface area contributed by atoms with Crippen LogP contribution in [0.4, 0.5) is 4.39 Å². The van der Waals surface area contributed by atoms with Gasteiger partial charge in [0.2, 0.25) is 0 Å². The first-order valence-corrected chi connectivity index (χ1v) is 7.47. The standard InChI is InChI=1S/C14H14BrFN4O/c1-19(8-12-18-17-11-6-3-7-20(11)12)14(21)9-4-2-5-10(15)13(9)16/h2,4-5H,3,6-8H2,1H3. The van der Waals surface area contributed by atoms with E-state index >= 15 is 0 Å². The van der Waals surface area contributed by atoms with Crippen molar-refractivity contribution in [3.8, 4) is 0 Å². The number of rotatable bonds is 3. The molecule has 110 valence electrons. The Kier molecular flexibility index (Phi) is 3.75. The number of carbonyl (C=O) groups excluding carboxylic acids is 1. The first-order chi connectivity index (χ1) is 10.1. The van der Waals surface area contributed by atoms with Crippen LogP contribution in [-0.4, -0.2) is 32.6 Å². The SMILES string of the molecule is CN(Cc1nnc2n1CCC2)C(=O)c1cccc(Br)c1F. The number of amides is 1. The Morgan fingerprint density at radius 2 is 2.29 bits per heavy atom. The van der Waals surface area contributed by atoms with E-state index < -0.39 is 5.82 Å². The van der Waals surface area contributed by atoms with E-state index in [-0.39, 0.29) is 15.9 Å². The number of halogens is 2. The number of aryl methyl sites for hydroxylation is 1. The van der Waals surface area contributed by atoms with Gasteiger partial charge in [0.05, 0.1) is 16.6 Å². The van der Waals surface area contributed by atoms with E-state index in [2.05, 4.69) is 26.1 Å². The lowest BCUT2D eigenvalue weighted by atomic mass is 10.2. The third-order valence-corrected chi connectivity index (χ3v) is 4.21. The lowest BCUT2D eigenvalue weighted by Crippen LogP contribution is -2.28. The molecular formula is C14H14BrFN4O. The molecule has 0 N–H and O–H groups in total. The number of carbonyl (C=O) groups is 1. The van der Waals surface area contributed by atoms with Gasteiger partial charge in [-0.25, -0.2) is 4.39 Å². The first kappa shape index (κ1) is 14.2. The van der Waals surface area contributed by atoms with Crippen LogP contribution in [0, 0.1) is 5.82 Å². The molecule has 1 aliphatic rings. The molecule has 2 aromatic rings. The predicted octanol–water partition coefficient (Wildman–Crippen LogP) is 2.40. The minimum Gasteiger partial charge on any atom is -0.334 e. The van der Waals surface area contributed by atoms with E-state index in [0.717, 1.165) is 31.0 Å². The smallest absolute Gasteiger partial charge is 0.257 e. The summed E-state index contributed by atoms with van der Waals surface area (Å²) < 4.78 is 16.3. The predicted molar refractivity (Wildman–Crippen MR) is 78.2 cm³/mol. The Morgan fingerprint density at radius 1 is 1.48 bits per heavy atom. The number of hydrogen-bond donors (Lipinski definition) is 0. The molecule has 0 aliphatic carbocycles. The summed E-state index contributed by atoms with van der Waals surface area (Å²) in [7, 11) is 1.64. The van der Waals surface area contributed by atoms with Gasteiger partial charge in [-0.1, -0.05) is 6.07 Å². The van der Waals surface area contributed by atoms with Crippen molar-refractivity contribution in [1.82, 2.24) is 19.7 Å². The van der Waals surface area contributed by atoms with Crippen molar-refractivity contribution in [1.29, 1.82) is 0 Å². The highest BCUT2D eigenvalue weighted by Gasteiger charge is 2.22. The Morgan fingerprint density at radius 3 is 3.10 bits per heavy atom. The molecule has 0 saturated carbocycles. The second kappa shape index (κ2) is 5.55. The van der Waals surface area contributed by atoms with Gasteiger partial charge in [0, 0.05) is 20.0 Å².